The van der Waals surface area contributed by atoms with Crippen LogP contribution in [0.2, 0.25) is 0 Å². The van der Waals surface area contributed by atoms with Gasteiger partial charge >= 0.3 is 0 Å². The molecular weight excluding hydrogens is 256 g/mol. The van der Waals surface area contributed by atoms with Crippen LogP contribution in [0.4, 0.5) is 0 Å². The first-order valence-corrected chi connectivity index (χ1v) is 7.97. The van der Waals surface area contributed by atoms with Crippen molar-refractivity contribution < 1.29 is 8.42 Å². The lowest BCUT2D eigenvalue weighted by Gasteiger charge is -2.02. The number of thioether (sulfide) groups is 1. The van der Waals surface area contributed by atoms with E-state index >= 15 is 0 Å². The summed E-state index contributed by atoms with van der Waals surface area (Å²) in [5.74, 6) is 2.66. The Morgan fingerprint density at radius 3 is 2.73 bits per heavy atom. The van der Waals surface area contributed by atoms with Crippen molar-refractivity contribution >= 4 is 31.5 Å². The summed E-state index contributed by atoms with van der Waals surface area (Å²) in [6.45, 7) is 4.60. The zero-order chi connectivity index (χ0) is 11.5. The van der Waals surface area contributed by atoms with Crippen molar-refractivity contribution in [2.24, 2.45) is 0 Å². The molecule has 0 bridgehead atoms. The Balaban J connectivity index is 2.78. The van der Waals surface area contributed by atoms with E-state index in [0.717, 1.165) is 18.1 Å². The van der Waals surface area contributed by atoms with Crippen molar-refractivity contribution in [1.29, 1.82) is 0 Å². The number of aryl methyl sites for hydroxylation is 2. The van der Waals surface area contributed by atoms with Gasteiger partial charge in [-0.15, -0.1) is 0 Å². The van der Waals surface area contributed by atoms with Gasteiger partial charge in [0.05, 0.1) is 0 Å². The fraction of sp³-hybridized carbons (Fsp3) is 0.625. The van der Waals surface area contributed by atoms with Crippen molar-refractivity contribution in [2.75, 3.05) is 11.5 Å². The molecule has 0 atom stereocenters. The second-order valence-electron chi connectivity index (χ2n) is 2.95. The molecule has 1 aromatic rings. The third-order valence-corrected chi connectivity index (χ3v) is 3.93. The summed E-state index contributed by atoms with van der Waals surface area (Å²) < 4.78 is 23.8. The maximum atomic E-state index is 11.0. The summed E-state index contributed by atoms with van der Waals surface area (Å²) in [5.41, 5.74) is 0. The van der Waals surface area contributed by atoms with E-state index in [1.54, 1.807) is 23.3 Å². The summed E-state index contributed by atoms with van der Waals surface area (Å²) in [4.78, 5) is 3.89. The smallest absolute Gasteiger partial charge is 0.280 e. The van der Waals surface area contributed by atoms with Crippen LogP contribution in [0.25, 0.3) is 0 Å². The van der Waals surface area contributed by atoms with E-state index in [4.69, 9.17) is 10.7 Å². The highest BCUT2D eigenvalue weighted by atomic mass is 35.7. The topological polar surface area (TPSA) is 52.0 Å². The van der Waals surface area contributed by atoms with E-state index in [-0.39, 0.29) is 5.03 Å². The molecule has 15 heavy (non-hydrogen) atoms. The summed E-state index contributed by atoms with van der Waals surface area (Å²) >= 11 is 1.80. The lowest BCUT2D eigenvalue weighted by Crippen LogP contribution is -2.01. The molecule has 4 nitrogen and oxygen atoms in total. The lowest BCUT2D eigenvalue weighted by atomic mass is 10.6. The highest BCUT2D eigenvalue weighted by molar-refractivity contribution is 8.13. The quantitative estimate of drug-likeness (QED) is 0.604. The molecule has 0 unspecified atom stereocenters. The second-order valence-corrected chi connectivity index (χ2v) is 6.86. The van der Waals surface area contributed by atoms with Gasteiger partial charge in [-0.05, 0) is 12.7 Å². The number of rotatable bonds is 5. The molecule has 0 aliphatic carbocycles. The number of halogens is 1. The molecule has 0 saturated heterocycles. The largest absolute Gasteiger partial charge is 0.333 e. The molecular formula is C8H13ClN2O2S2. The number of aromatic nitrogens is 2. The van der Waals surface area contributed by atoms with Crippen molar-refractivity contribution in [3.8, 4) is 0 Å². The molecule has 0 spiro atoms. The summed E-state index contributed by atoms with van der Waals surface area (Å²) in [5, 5.41) is -0.0665. The minimum Gasteiger partial charge on any atom is -0.333 e. The van der Waals surface area contributed by atoms with Gasteiger partial charge in [0.1, 0.15) is 5.82 Å². The molecule has 0 radical (unpaired) electrons. The number of hydrogen-bond donors (Lipinski definition) is 0. The first-order chi connectivity index (χ1) is 6.95. The first kappa shape index (κ1) is 12.9. The first-order valence-electron chi connectivity index (χ1n) is 4.51. The van der Waals surface area contributed by atoms with Crippen LogP contribution in [0.15, 0.2) is 11.2 Å². The fourth-order valence-corrected chi connectivity index (χ4v) is 2.46. The number of hydrogen-bond acceptors (Lipinski definition) is 4. The number of nitrogens with zero attached hydrogens (tertiary/aromatic N) is 2. The normalized spacial score (nSPS) is 11.9. The summed E-state index contributed by atoms with van der Waals surface area (Å²) in [6, 6.07) is 0. The standard InChI is InChI=1S/C8H13ClN2O2S2/c1-3-14-5-4-11-6-8(10-7(11)2)15(9,12)13/h6H,3-5H2,1-2H3. The van der Waals surface area contributed by atoms with E-state index in [1.807, 2.05) is 0 Å². The predicted molar refractivity (Wildman–Crippen MR) is 63.0 cm³/mol. The number of imidazole rings is 1. The van der Waals surface area contributed by atoms with Crippen LogP contribution in [0, 0.1) is 6.92 Å². The van der Waals surface area contributed by atoms with Gasteiger partial charge in [0, 0.05) is 29.2 Å². The van der Waals surface area contributed by atoms with Crippen LogP contribution in [-0.4, -0.2) is 29.5 Å². The van der Waals surface area contributed by atoms with Crippen LogP contribution >= 0.6 is 22.4 Å². The minimum atomic E-state index is -3.70. The second kappa shape index (κ2) is 5.23. The molecule has 7 heteroatoms. The monoisotopic (exact) mass is 268 g/mol. The van der Waals surface area contributed by atoms with Crippen molar-refractivity contribution in [3.05, 3.63) is 12.0 Å². The van der Waals surface area contributed by atoms with Crippen LogP contribution in [0.5, 0.6) is 0 Å². The van der Waals surface area contributed by atoms with Gasteiger partial charge in [-0.1, -0.05) is 6.92 Å². The maximum absolute atomic E-state index is 11.0. The maximum Gasteiger partial charge on any atom is 0.280 e. The highest BCUT2D eigenvalue weighted by Gasteiger charge is 2.15. The molecule has 1 heterocycles. The third-order valence-electron chi connectivity index (χ3n) is 1.88. The summed E-state index contributed by atoms with van der Waals surface area (Å²) in [7, 11) is 1.49. The summed E-state index contributed by atoms with van der Waals surface area (Å²) in [6.07, 6.45) is 1.48. The SMILES string of the molecule is CCSCCn1cc(S(=O)(=O)Cl)nc1C. The molecule has 1 rings (SSSR count). The van der Waals surface area contributed by atoms with Crippen LogP contribution in [0.1, 0.15) is 12.7 Å². The minimum absolute atomic E-state index is 0.0665. The van der Waals surface area contributed by atoms with Gasteiger partial charge in [0.15, 0.2) is 5.03 Å². The Bertz CT molecular complexity index is 428. The molecule has 0 aliphatic rings. The Morgan fingerprint density at radius 1 is 1.60 bits per heavy atom. The molecule has 1 aromatic heterocycles. The average molecular weight is 269 g/mol. The van der Waals surface area contributed by atoms with Gasteiger partial charge in [-0.3, -0.25) is 0 Å². The third kappa shape index (κ3) is 3.70. The molecule has 0 aliphatic heterocycles. The predicted octanol–water partition coefficient (Wildman–Crippen LogP) is 1.87. The van der Waals surface area contributed by atoms with E-state index < -0.39 is 9.05 Å². The van der Waals surface area contributed by atoms with E-state index in [2.05, 4.69) is 11.9 Å². The molecule has 0 fully saturated rings. The van der Waals surface area contributed by atoms with E-state index in [9.17, 15) is 8.42 Å². The zero-order valence-electron chi connectivity index (χ0n) is 8.60. The Kier molecular flexibility index (Phi) is 4.48. The lowest BCUT2D eigenvalue weighted by molar-refractivity contribution is 0.606. The van der Waals surface area contributed by atoms with Crippen LogP contribution in [0.3, 0.4) is 0 Å². The van der Waals surface area contributed by atoms with Crippen molar-refractivity contribution in [1.82, 2.24) is 9.55 Å². The van der Waals surface area contributed by atoms with E-state index in [1.165, 1.54) is 6.20 Å². The zero-order valence-corrected chi connectivity index (χ0v) is 11.0. The van der Waals surface area contributed by atoms with E-state index in [0.29, 0.717) is 5.82 Å². The van der Waals surface area contributed by atoms with Gasteiger partial charge in [0.2, 0.25) is 0 Å². The van der Waals surface area contributed by atoms with Gasteiger partial charge in [0.25, 0.3) is 9.05 Å². The molecule has 0 N–H and O–H groups in total. The molecule has 86 valence electrons. The fourth-order valence-electron chi connectivity index (χ4n) is 1.13. The molecule has 0 saturated carbocycles. The van der Waals surface area contributed by atoms with Crippen LogP contribution < -0.4 is 0 Å². The van der Waals surface area contributed by atoms with Crippen molar-refractivity contribution in [3.63, 3.8) is 0 Å². The van der Waals surface area contributed by atoms with Gasteiger partial charge in [-0.2, -0.15) is 11.8 Å². The Labute approximate surface area is 98.5 Å². The molecule has 0 amide bonds. The van der Waals surface area contributed by atoms with Gasteiger partial charge < -0.3 is 4.57 Å². The van der Waals surface area contributed by atoms with Crippen molar-refractivity contribution in [2.45, 2.75) is 25.4 Å². The van der Waals surface area contributed by atoms with Crippen LogP contribution in [-0.2, 0) is 15.6 Å². The van der Waals surface area contributed by atoms with Gasteiger partial charge in [-0.25, -0.2) is 13.4 Å². The Hall–Kier alpha value is -0.200. The average Bonchev–Trinajstić information content (AvgIpc) is 2.48. The molecule has 0 aromatic carbocycles. The Morgan fingerprint density at radius 2 is 2.27 bits per heavy atom. The highest BCUT2D eigenvalue weighted by Crippen LogP contribution is 2.14.